The highest BCUT2D eigenvalue weighted by Crippen LogP contribution is 2.07. The first-order chi connectivity index (χ1) is 8.88. The van der Waals surface area contributed by atoms with Crippen LogP contribution in [0.4, 0.5) is 10.5 Å². The molecule has 7 heteroatoms. The fourth-order valence-electron chi connectivity index (χ4n) is 1.43. The summed E-state index contributed by atoms with van der Waals surface area (Å²) in [4.78, 5) is 23.9. The predicted molar refractivity (Wildman–Crippen MR) is 71.0 cm³/mol. The van der Waals surface area contributed by atoms with Gasteiger partial charge in [0.05, 0.1) is 11.9 Å². The molecule has 0 fully saturated rings. The summed E-state index contributed by atoms with van der Waals surface area (Å²) in [5.74, 6) is -0.441. The van der Waals surface area contributed by atoms with Crippen LogP contribution in [-0.2, 0) is 11.3 Å². The molecular formula is C12H20N4O3. The second-order valence-electron chi connectivity index (χ2n) is 4.85. The third-order valence-electron chi connectivity index (χ3n) is 2.57. The summed E-state index contributed by atoms with van der Waals surface area (Å²) in [7, 11) is 1.72. The van der Waals surface area contributed by atoms with E-state index in [1.54, 1.807) is 11.9 Å². The molecule has 0 spiro atoms. The number of amides is 2. The van der Waals surface area contributed by atoms with Crippen LogP contribution in [0.15, 0.2) is 12.4 Å². The van der Waals surface area contributed by atoms with E-state index >= 15 is 0 Å². The number of nitrogens with zero attached hydrogens (tertiary/aromatic N) is 3. The van der Waals surface area contributed by atoms with Gasteiger partial charge in [0.2, 0.25) is 0 Å². The van der Waals surface area contributed by atoms with Gasteiger partial charge < -0.3 is 15.3 Å². The van der Waals surface area contributed by atoms with E-state index in [1.807, 2.05) is 0 Å². The largest absolute Gasteiger partial charge is 0.480 e. The molecule has 0 bridgehead atoms. The van der Waals surface area contributed by atoms with Crippen LogP contribution in [0.5, 0.6) is 0 Å². The molecule has 19 heavy (non-hydrogen) atoms. The van der Waals surface area contributed by atoms with Gasteiger partial charge in [-0.2, -0.15) is 5.10 Å². The summed E-state index contributed by atoms with van der Waals surface area (Å²) in [6, 6.07) is -0.226. The lowest BCUT2D eigenvalue weighted by Crippen LogP contribution is -2.32. The lowest BCUT2D eigenvalue weighted by molar-refractivity contribution is -0.137. The van der Waals surface area contributed by atoms with Crippen molar-refractivity contribution in [3.8, 4) is 0 Å². The van der Waals surface area contributed by atoms with Crippen molar-refractivity contribution in [3.05, 3.63) is 12.4 Å². The van der Waals surface area contributed by atoms with Crippen molar-refractivity contribution in [1.82, 2.24) is 14.7 Å². The normalized spacial score (nSPS) is 10.5. The smallest absolute Gasteiger partial charge is 0.325 e. The zero-order valence-corrected chi connectivity index (χ0v) is 11.5. The summed E-state index contributed by atoms with van der Waals surface area (Å²) in [6.07, 6.45) is 3.85. The average Bonchev–Trinajstić information content (AvgIpc) is 2.72. The molecule has 0 atom stereocenters. The topological polar surface area (TPSA) is 87.5 Å². The van der Waals surface area contributed by atoms with Crippen molar-refractivity contribution in [2.45, 2.75) is 26.8 Å². The maximum Gasteiger partial charge on any atom is 0.325 e. The quantitative estimate of drug-likeness (QED) is 0.818. The van der Waals surface area contributed by atoms with E-state index in [0.29, 0.717) is 18.2 Å². The summed E-state index contributed by atoms with van der Waals surface area (Å²) >= 11 is 0. The molecule has 0 unspecified atom stereocenters. The van der Waals surface area contributed by atoms with E-state index in [-0.39, 0.29) is 12.6 Å². The van der Waals surface area contributed by atoms with Gasteiger partial charge in [-0.1, -0.05) is 13.8 Å². The fraction of sp³-hybridized carbons (Fsp3) is 0.583. The molecule has 7 nitrogen and oxygen atoms in total. The van der Waals surface area contributed by atoms with E-state index < -0.39 is 5.97 Å². The number of carbonyl (C=O) groups excluding carboxylic acids is 1. The van der Waals surface area contributed by atoms with Gasteiger partial charge in [-0.3, -0.25) is 9.48 Å². The zero-order chi connectivity index (χ0) is 14.4. The van der Waals surface area contributed by atoms with E-state index in [1.165, 1.54) is 17.1 Å². The maximum atomic E-state index is 11.8. The van der Waals surface area contributed by atoms with Crippen LogP contribution in [0, 0.1) is 5.92 Å². The van der Waals surface area contributed by atoms with Crippen LogP contribution in [0.25, 0.3) is 0 Å². The van der Waals surface area contributed by atoms with E-state index in [4.69, 9.17) is 5.11 Å². The molecule has 1 aromatic heterocycles. The summed E-state index contributed by atoms with van der Waals surface area (Å²) in [5.41, 5.74) is 0.489. The standard InChI is InChI=1S/C12H20N4O3/c1-9(2)4-5-15(3)12(19)14-10-6-13-16(7-10)8-11(17)18/h6-7,9H,4-5,8H2,1-3H3,(H,14,19)(H,17,18). The Morgan fingerprint density at radius 3 is 2.79 bits per heavy atom. The highest BCUT2D eigenvalue weighted by atomic mass is 16.4. The Morgan fingerprint density at radius 2 is 2.21 bits per heavy atom. The van der Waals surface area contributed by atoms with Crippen molar-refractivity contribution in [1.29, 1.82) is 0 Å². The maximum absolute atomic E-state index is 11.8. The Balaban J connectivity index is 2.47. The molecule has 1 aromatic rings. The second kappa shape index (κ2) is 6.77. The Hall–Kier alpha value is -2.05. The van der Waals surface area contributed by atoms with Crippen LogP contribution in [0.2, 0.25) is 0 Å². The molecule has 0 aliphatic rings. The number of carbonyl (C=O) groups is 2. The number of carboxylic acids is 1. The SMILES string of the molecule is CC(C)CCN(C)C(=O)Nc1cnn(CC(=O)O)c1. The second-order valence-corrected chi connectivity index (χ2v) is 4.85. The number of aliphatic carboxylic acids is 1. The molecule has 2 amide bonds. The van der Waals surface area contributed by atoms with Crippen molar-refractivity contribution < 1.29 is 14.7 Å². The third-order valence-corrected chi connectivity index (χ3v) is 2.57. The molecule has 0 saturated heterocycles. The summed E-state index contributed by atoms with van der Waals surface area (Å²) in [5, 5.41) is 15.1. The number of anilines is 1. The van der Waals surface area contributed by atoms with Crippen LogP contribution in [0.3, 0.4) is 0 Å². The monoisotopic (exact) mass is 268 g/mol. The van der Waals surface area contributed by atoms with Gasteiger partial charge in [0.15, 0.2) is 0 Å². The van der Waals surface area contributed by atoms with Gasteiger partial charge in [0.1, 0.15) is 6.54 Å². The lowest BCUT2D eigenvalue weighted by atomic mass is 10.1. The minimum atomic E-state index is -0.977. The Morgan fingerprint density at radius 1 is 1.53 bits per heavy atom. The molecule has 1 rings (SSSR count). The van der Waals surface area contributed by atoms with E-state index in [9.17, 15) is 9.59 Å². The van der Waals surface area contributed by atoms with Crippen molar-refractivity contribution in [3.63, 3.8) is 0 Å². The first-order valence-corrected chi connectivity index (χ1v) is 6.15. The van der Waals surface area contributed by atoms with Crippen molar-refractivity contribution in [2.24, 2.45) is 5.92 Å². The number of nitrogens with one attached hydrogen (secondary N) is 1. The summed E-state index contributed by atoms with van der Waals surface area (Å²) < 4.78 is 1.26. The molecule has 0 saturated carbocycles. The minimum Gasteiger partial charge on any atom is -0.480 e. The van der Waals surface area contributed by atoms with Gasteiger partial charge >= 0.3 is 12.0 Å². The van der Waals surface area contributed by atoms with Gasteiger partial charge in [-0.05, 0) is 12.3 Å². The predicted octanol–water partition coefficient (Wildman–Crippen LogP) is 1.48. The summed E-state index contributed by atoms with van der Waals surface area (Å²) in [6.45, 7) is 4.65. The fourth-order valence-corrected chi connectivity index (χ4v) is 1.43. The van der Waals surface area contributed by atoms with Crippen LogP contribution in [0.1, 0.15) is 20.3 Å². The highest BCUT2D eigenvalue weighted by molar-refractivity contribution is 5.88. The van der Waals surface area contributed by atoms with Gasteiger partial charge in [-0.15, -0.1) is 0 Å². The van der Waals surface area contributed by atoms with E-state index in [0.717, 1.165) is 6.42 Å². The van der Waals surface area contributed by atoms with Gasteiger partial charge in [0, 0.05) is 19.8 Å². The number of hydrogen-bond acceptors (Lipinski definition) is 3. The molecule has 0 aliphatic heterocycles. The minimum absolute atomic E-state index is 0.223. The molecule has 1 heterocycles. The molecule has 0 aliphatic carbocycles. The van der Waals surface area contributed by atoms with E-state index in [2.05, 4.69) is 24.3 Å². The molecule has 2 N–H and O–H groups in total. The highest BCUT2D eigenvalue weighted by Gasteiger charge is 2.10. The average molecular weight is 268 g/mol. The molecule has 0 radical (unpaired) electrons. The third kappa shape index (κ3) is 5.41. The van der Waals surface area contributed by atoms with Crippen LogP contribution in [-0.4, -0.2) is 45.4 Å². The van der Waals surface area contributed by atoms with Crippen LogP contribution < -0.4 is 5.32 Å². The molecule has 106 valence electrons. The molecular weight excluding hydrogens is 248 g/mol. The van der Waals surface area contributed by atoms with Crippen molar-refractivity contribution >= 4 is 17.7 Å². The Labute approximate surface area is 112 Å². The number of hydrogen-bond donors (Lipinski definition) is 2. The number of urea groups is 1. The Bertz CT molecular complexity index is 442. The number of rotatable bonds is 6. The van der Waals surface area contributed by atoms with Crippen LogP contribution >= 0.6 is 0 Å². The zero-order valence-electron chi connectivity index (χ0n) is 11.5. The lowest BCUT2D eigenvalue weighted by Gasteiger charge is -2.18. The first kappa shape index (κ1) is 15.0. The number of carboxylic acid groups (broad SMARTS) is 1. The number of aromatic nitrogens is 2. The molecule has 0 aromatic carbocycles. The van der Waals surface area contributed by atoms with Gasteiger partial charge in [0.25, 0.3) is 0 Å². The first-order valence-electron chi connectivity index (χ1n) is 6.15. The van der Waals surface area contributed by atoms with Crippen molar-refractivity contribution in [2.75, 3.05) is 18.9 Å². The Kier molecular flexibility index (Phi) is 5.35. The van der Waals surface area contributed by atoms with Gasteiger partial charge in [-0.25, -0.2) is 4.79 Å².